The number of hydrogen-bond donors (Lipinski definition) is 2. The fourth-order valence-corrected chi connectivity index (χ4v) is 3.74. The van der Waals surface area contributed by atoms with Crippen molar-refractivity contribution in [2.75, 3.05) is 5.73 Å². The minimum Gasteiger partial charge on any atom is -0.439 e. The summed E-state index contributed by atoms with van der Waals surface area (Å²) in [6, 6.07) is 6.56. The molecule has 3 heterocycles. The van der Waals surface area contributed by atoms with Gasteiger partial charge in [-0.05, 0) is 37.8 Å². The molecule has 2 unspecified atom stereocenters. The normalized spacial score (nSPS) is 30.1. The molecular weight excluding hydrogens is 254 g/mol. The lowest BCUT2D eigenvalue weighted by atomic mass is 10.00. The number of fused-ring (bicyclic) bond motifs is 3. The second-order valence-corrected chi connectivity index (χ2v) is 5.98. The zero-order valence-corrected chi connectivity index (χ0v) is 11.3. The molecule has 2 aromatic rings. The number of aromatic nitrogens is 1. The van der Waals surface area contributed by atoms with Crippen molar-refractivity contribution in [1.29, 1.82) is 0 Å². The Labute approximate surface area is 117 Å². The monoisotopic (exact) mass is 273 g/mol. The molecule has 5 heteroatoms. The Morgan fingerprint density at radius 1 is 1.30 bits per heavy atom. The van der Waals surface area contributed by atoms with Gasteiger partial charge in [-0.1, -0.05) is 6.07 Å². The molecule has 4 rings (SSSR count). The van der Waals surface area contributed by atoms with Crippen LogP contribution in [0.1, 0.15) is 31.6 Å². The van der Waals surface area contributed by atoms with Gasteiger partial charge in [0.1, 0.15) is 5.52 Å². The first-order chi connectivity index (χ1) is 9.70. The Kier molecular flexibility index (Phi) is 2.72. The summed E-state index contributed by atoms with van der Waals surface area (Å²) >= 11 is 0. The van der Waals surface area contributed by atoms with Gasteiger partial charge < -0.3 is 15.3 Å². The fraction of sp³-hybridized carbons (Fsp3) is 0.533. The van der Waals surface area contributed by atoms with Crippen LogP contribution in [0.4, 0.5) is 5.69 Å². The van der Waals surface area contributed by atoms with Gasteiger partial charge >= 0.3 is 0 Å². The molecule has 0 saturated carbocycles. The van der Waals surface area contributed by atoms with Gasteiger partial charge in [-0.25, -0.2) is 4.98 Å². The van der Waals surface area contributed by atoms with E-state index in [2.05, 4.69) is 9.88 Å². The Balaban J connectivity index is 1.60. The molecule has 2 aliphatic rings. The first kappa shape index (κ1) is 12.2. The zero-order chi connectivity index (χ0) is 13.7. The summed E-state index contributed by atoms with van der Waals surface area (Å²) in [6.07, 6.45) is 3.95. The van der Waals surface area contributed by atoms with E-state index in [1.807, 2.05) is 18.2 Å². The Bertz CT molecular complexity index is 625. The highest BCUT2D eigenvalue weighted by Gasteiger charge is 2.40. The number of aliphatic hydroxyl groups excluding tert-OH is 1. The molecule has 0 aliphatic carbocycles. The predicted octanol–water partition coefficient (Wildman–Crippen LogP) is 1.90. The van der Waals surface area contributed by atoms with Gasteiger partial charge in [0.2, 0.25) is 5.89 Å². The van der Waals surface area contributed by atoms with E-state index in [1.165, 1.54) is 12.8 Å². The summed E-state index contributed by atoms with van der Waals surface area (Å²) in [5.74, 6) is 0.728. The maximum absolute atomic E-state index is 9.84. The van der Waals surface area contributed by atoms with Crippen LogP contribution in [0.15, 0.2) is 22.6 Å². The van der Waals surface area contributed by atoms with E-state index in [9.17, 15) is 5.11 Å². The SMILES string of the molecule is Nc1cccc2oc(CN3C4CCC3CC(O)C4)nc12. The number of rotatable bonds is 2. The molecule has 0 radical (unpaired) electrons. The summed E-state index contributed by atoms with van der Waals surface area (Å²) < 4.78 is 5.81. The Hall–Kier alpha value is -1.59. The molecule has 3 N–H and O–H groups in total. The third-order valence-corrected chi connectivity index (χ3v) is 4.67. The van der Waals surface area contributed by atoms with Gasteiger partial charge in [0.05, 0.1) is 18.3 Å². The van der Waals surface area contributed by atoms with E-state index >= 15 is 0 Å². The number of benzene rings is 1. The van der Waals surface area contributed by atoms with Crippen LogP contribution in [0.2, 0.25) is 0 Å². The first-order valence-corrected chi connectivity index (χ1v) is 7.28. The molecule has 0 spiro atoms. The molecule has 0 amide bonds. The number of nitrogens with zero attached hydrogens (tertiary/aromatic N) is 2. The smallest absolute Gasteiger partial charge is 0.209 e. The third kappa shape index (κ3) is 1.89. The molecule has 2 saturated heterocycles. The summed E-state index contributed by atoms with van der Waals surface area (Å²) in [6.45, 7) is 0.718. The number of para-hydroxylation sites is 1. The lowest BCUT2D eigenvalue weighted by molar-refractivity contribution is 0.0269. The molecular formula is C15H19N3O2. The van der Waals surface area contributed by atoms with E-state index in [0.29, 0.717) is 17.8 Å². The Morgan fingerprint density at radius 3 is 2.75 bits per heavy atom. The van der Waals surface area contributed by atoms with Crippen LogP contribution in [0.3, 0.4) is 0 Å². The molecule has 1 aromatic heterocycles. The number of nitrogen functional groups attached to an aromatic ring is 1. The van der Waals surface area contributed by atoms with Crippen LogP contribution in [0, 0.1) is 0 Å². The van der Waals surface area contributed by atoms with Crippen molar-refractivity contribution in [2.24, 2.45) is 0 Å². The third-order valence-electron chi connectivity index (χ3n) is 4.67. The first-order valence-electron chi connectivity index (χ1n) is 7.28. The number of hydrogen-bond acceptors (Lipinski definition) is 5. The highest BCUT2D eigenvalue weighted by atomic mass is 16.3. The van der Waals surface area contributed by atoms with Crippen LogP contribution in [-0.4, -0.2) is 33.2 Å². The molecule has 20 heavy (non-hydrogen) atoms. The minimum absolute atomic E-state index is 0.136. The topological polar surface area (TPSA) is 75.5 Å². The van der Waals surface area contributed by atoms with Crippen LogP contribution < -0.4 is 5.73 Å². The summed E-state index contributed by atoms with van der Waals surface area (Å²) in [5, 5.41) is 9.84. The van der Waals surface area contributed by atoms with Crippen molar-refractivity contribution < 1.29 is 9.52 Å². The van der Waals surface area contributed by atoms with E-state index in [0.717, 1.165) is 36.4 Å². The maximum atomic E-state index is 9.84. The van der Waals surface area contributed by atoms with Crippen molar-refractivity contribution in [1.82, 2.24) is 9.88 Å². The van der Waals surface area contributed by atoms with Crippen molar-refractivity contribution in [3.8, 4) is 0 Å². The van der Waals surface area contributed by atoms with Gasteiger partial charge in [0.25, 0.3) is 0 Å². The molecule has 2 aliphatic heterocycles. The maximum Gasteiger partial charge on any atom is 0.209 e. The second kappa shape index (κ2) is 4.46. The molecule has 5 nitrogen and oxygen atoms in total. The van der Waals surface area contributed by atoms with Gasteiger partial charge in [-0.15, -0.1) is 0 Å². The van der Waals surface area contributed by atoms with Gasteiger partial charge in [0, 0.05) is 12.1 Å². The molecule has 106 valence electrons. The average Bonchev–Trinajstić information content (AvgIpc) is 2.92. The number of nitrogens with two attached hydrogens (primary N) is 1. The van der Waals surface area contributed by atoms with E-state index in [4.69, 9.17) is 10.2 Å². The number of oxazole rings is 1. The van der Waals surface area contributed by atoms with Gasteiger partial charge in [0.15, 0.2) is 5.58 Å². The van der Waals surface area contributed by atoms with Gasteiger partial charge in [-0.2, -0.15) is 0 Å². The van der Waals surface area contributed by atoms with E-state index in [-0.39, 0.29) is 6.10 Å². The molecule has 2 bridgehead atoms. The second-order valence-electron chi connectivity index (χ2n) is 5.98. The quantitative estimate of drug-likeness (QED) is 0.817. The predicted molar refractivity (Wildman–Crippen MR) is 76.0 cm³/mol. The van der Waals surface area contributed by atoms with Crippen molar-refractivity contribution in [3.05, 3.63) is 24.1 Å². The number of piperidine rings is 1. The number of aliphatic hydroxyl groups is 1. The van der Waals surface area contributed by atoms with Crippen molar-refractivity contribution >= 4 is 16.8 Å². The highest BCUT2D eigenvalue weighted by molar-refractivity contribution is 5.85. The molecule has 1 aromatic carbocycles. The lowest BCUT2D eigenvalue weighted by Crippen LogP contribution is -2.44. The van der Waals surface area contributed by atoms with Crippen LogP contribution in [0.25, 0.3) is 11.1 Å². The van der Waals surface area contributed by atoms with E-state index in [1.54, 1.807) is 0 Å². The van der Waals surface area contributed by atoms with E-state index < -0.39 is 0 Å². The van der Waals surface area contributed by atoms with Crippen LogP contribution in [0.5, 0.6) is 0 Å². The largest absolute Gasteiger partial charge is 0.439 e. The summed E-state index contributed by atoms with van der Waals surface area (Å²) in [5.41, 5.74) is 8.09. The Morgan fingerprint density at radius 2 is 2.05 bits per heavy atom. The number of anilines is 1. The molecule has 2 atom stereocenters. The van der Waals surface area contributed by atoms with Crippen molar-refractivity contribution in [3.63, 3.8) is 0 Å². The summed E-state index contributed by atoms with van der Waals surface area (Å²) in [7, 11) is 0. The average molecular weight is 273 g/mol. The minimum atomic E-state index is -0.136. The summed E-state index contributed by atoms with van der Waals surface area (Å²) in [4.78, 5) is 6.96. The highest BCUT2D eigenvalue weighted by Crippen LogP contribution is 2.37. The molecule has 2 fully saturated rings. The van der Waals surface area contributed by atoms with Gasteiger partial charge in [-0.3, -0.25) is 4.90 Å². The standard InChI is InChI=1S/C15H19N3O2/c16-12-2-1-3-13-15(12)17-14(20-13)8-18-9-4-5-10(18)7-11(19)6-9/h1-3,9-11,19H,4-8,16H2. The lowest BCUT2D eigenvalue weighted by Gasteiger charge is -2.36. The zero-order valence-electron chi connectivity index (χ0n) is 11.3. The van der Waals surface area contributed by atoms with Crippen LogP contribution >= 0.6 is 0 Å². The van der Waals surface area contributed by atoms with Crippen LogP contribution in [-0.2, 0) is 6.54 Å². The fourth-order valence-electron chi connectivity index (χ4n) is 3.74. The van der Waals surface area contributed by atoms with Crippen molar-refractivity contribution in [2.45, 2.75) is 50.4 Å².